The van der Waals surface area contributed by atoms with Gasteiger partial charge in [-0.2, -0.15) is 0 Å². The standard InChI is InChI=1S/C24H41ClFN3O3/c1-15(10-11-18(25)19(12-26)31-3)22-27-21(24(30)32-4)20-16(2)13-29(23(20)28-22)14-17-8-6-5-7-9-17/h15-21,23H,5-14H2,1-4H3,(H,27,28). The number of likely N-dealkylation sites (tertiary alicyclic amines) is 1. The number of hydrogen-bond donors (Lipinski definition) is 1. The molecule has 3 rings (SSSR count). The van der Waals surface area contributed by atoms with Crippen molar-refractivity contribution in [3.63, 3.8) is 0 Å². The number of amidine groups is 1. The summed E-state index contributed by atoms with van der Waals surface area (Å²) in [5, 5.41) is 3.30. The van der Waals surface area contributed by atoms with E-state index >= 15 is 0 Å². The van der Waals surface area contributed by atoms with Crippen LogP contribution in [0.15, 0.2) is 4.99 Å². The highest BCUT2D eigenvalue weighted by molar-refractivity contribution is 6.21. The summed E-state index contributed by atoms with van der Waals surface area (Å²) in [6.45, 7) is 5.76. The highest BCUT2D eigenvalue weighted by atomic mass is 35.5. The van der Waals surface area contributed by atoms with Gasteiger partial charge in [0.05, 0.1) is 18.7 Å². The highest BCUT2D eigenvalue weighted by Crippen LogP contribution is 2.38. The Morgan fingerprint density at radius 3 is 2.62 bits per heavy atom. The van der Waals surface area contributed by atoms with Crippen LogP contribution in [0, 0.1) is 23.7 Å². The van der Waals surface area contributed by atoms with Crippen molar-refractivity contribution >= 4 is 23.4 Å². The molecule has 32 heavy (non-hydrogen) atoms. The lowest BCUT2D eigenvalue weighted by Crippen LogP contribution is -2.57. The van der Waals surface area contributed by atoms with Crippen LogP contribution in [0.2, 0.25) is 0 Å². The number of hydrogen-bond acceptors (Lipinski definition) is 6. The zero-order chi connectivity index (χ0) is 23.3. The molecule has 8 heteroatoms. The molecule has 2 aliphatic heterocycles. The summed E-state index contributed by atoms with van der Waals surface area (Å²) in [5.74, 6) is 1.85. The minimum Gasteiger partial charge on any atom is -0.467 e. The molecule has 7 atom stereocenters. The number of carbonyl (C=O) groups is 1. The third-order valence-electron chi connectivity index (χ3n) is 7.74. The molecule has 1 saturated heterocycles. The SMILES string of the molecule is COC(=O)C1N=C(C(C)CCC(Cl)C(CF)OC)NC2C1C(C)CN2CC1CCCCC1. The Labute approximate surface area is 197 Å². The average molecular weight is 474 g/mol. The number of methoxy groups -OCH3 is 2. The van der Waals surface area contributed by atoms with Gasteiger partial charge < -0.3 is 14.8 Å². The lowest BCUT2D eigenvalue weighted by atomic mass is 9.85. The van der Waals surface area contributed by atoms with E-state index in [1.807, 2.05) is 0 Å². The summed E-state index contributed by atoms with van der Waals surface area (Å²) in [6.07, 6.45) is 7.45. The number of carbonyl (C=O) groups excluding carboxylic acids is 1. The van der Waals surface area contributed by atoms with Crippen molar-refractivity contribution in [1.82, 2.24) is 10.2 Å². The van der Waals surface area contributed by atoms with Crippen LogP contribution in [0.1, 0.15) is 58.8 Å². The van der Waals surface area contributed by atoms with Crippen LogP contribution in [0.3, 0.4) is 0 Å². The number of ether oxygens (including phenoxy) is 2. The fourth-order valence-electron chi connectivity index (χ4n) is 5.78. The van der Waals surface area contributed by atoms with Gasteiger partial charge in [-0.05, 0) is 37.5 Å². The van der Waals surface area contributed by atoms with Crippen LogP contribution < -0.4 is 5.32 Å². The molecule has 1 saturated carbocycles. The first-order chi connectivity index (χ1) is 15.4. The number of nitrogens with one attached hydrogen (secondary N) is 1. The Hall–Kier alpha value is -0.920. The van der Waals surface area contributed by atoms with Crippen LogP contribution in [0.25, 0.3) is 0 Å². The van der Waals surface area contributed by atoms with Crippen molar-refractivity contribution < 1.29 is 18.7 Å². The summed E-state index contributed by atoms with van der Waals surface area (Å²) >= 11 is 6.36. The molecule has 0 aromatic rings. The molecule has 1 N–H and O–H groups in total. The van der Waals surface area contributed by atoms with E-state index in [1.165, 1.54) is 46.3 Å². The lowest BCUT2D eigenvalue weighted by molar-refractivity contribution is -0.144. The van der Waals surface area contributed by atoms with Gasteiger partial charge in [-0.3, -0.25) is 9.89 Å². The second-order valence-corrected chi connectivity index (χ2v) is 10.6. The topological polar surface area (TPSA) is 63.2 Å². The Kier molecular flexibility index (Phi) is 9.62. The second kappa shape index (κ2) is 12.0. The average Bonchev–Trinajstić information content (AvgIpc) is 3.12. The number of fused-ring (bicyclic) bond motifs is 1. The van der Waals surface area contributed by atoms with Gasteiger partial charge in [-0.1, -0.05) is 33.1 Å². The fourth-order valence-corrected chi connectivity index (χ4v) is 6.08. The summed E-state index contributed by atoms with van der Waals surface area (Å²) < 4.78 is 23.4. The third kappa shape index (κ3) is 5.95. The van der Waals surface area contributed by atoms with Gasteiger partial charge >= 0.3 is 5.97 Å². The van der Waals surface area contributed by atoms with E-state index < -0.39 is 24.2 Å². The molecule has 3 aliphatic rings. The summed E-state index contributed by atoms with van der Waals surface area (Å²) in [6, 6.07) is -0.487. The lowest BCUT2D eigenvalue weighted by Gasteiger charge is -2.39. The van der Waals surface area contributed by atoms with Gasteiger partial charge in [0.25, 0.3) is 0 Å². The van der Waals surface area contributed by atoms with Crippen LogP contribution in [-0.2, 0) is 14.3 Å². The first-order valence-electron chi connectivity index (χ1n) is 12.3. The van der Waals surface area contributed by atoms with Gasteiger partial charge in [-0.25, -0.2) is 9.18 Å². The molecule has 1 aliphatic carbocycles. The summed E-state index contributed by atoms with van der Waals surface area (Å²) in [7, 11) is 2.93. The molecule has 0 radical (unpaired) electrons. The molecule has 6 nitrogen and oxygen atoms in total. The summed E-state index contributed by atoms with van der Waals surface area (Å²) in [4.78, 5) is 20.1. The van der Waals surface area contributed by atoms with Crippen LogP contribution >= 0.6 is 11.6 Å². The number of halogens is 2. The second-order valence-electron chi connectivity index (χ2n) is 10.0. The van der Waals surface area contributed by atoms with E-state index in [4.69, 9.17) is 26.1 Å². The van der Waals surface area contributed by atoms with Crippen molar-refractivity contribution in [2.24, 2.45) is 28.7 Å². The van der Waals surface area contributed by atoms with Crippen molar-refractivity contribution in [3.8, 4) is 0 Å². The first kappa shape index (κ1) is 25.7. The van der Waals surface area contributed by atoms with Crippen LogP contribution in [0.5, 0.6) is 0 Å². The molecule has 2 fully saturated rings. The van der Waals surface area contributed by atoms with Crippen LogP contribution in [-0.4, -0.2) is 74.4 Å². The zero-order valence-electron chi connectivity index (χ0n) is 20.1. The van der Waals surface area contributed by atoms with E-state index in [2.05, 4.69) is 24.1 Å². The van der Waals surface area contributed by atoms with Gasteiger partial charge in [-0.15, -0.1) is 11.6 Å². The molecule has 7 unspecified atom stereocenters. The normalized spacial score (nSPS) is 31.9. The predicted molar refractivity (Wildman–Crippen MR) is 126 cm³/mol. The van der Waals surface area contributed by atoms with E-state index in [0.717, 1.165) is 31.3 Å². The van der Waals surface area contributed by atoms with Gasteiger partial charge in [0, 0.05) is 32.0 Å². The molecule has 0 amide bonds. The Morgan fingerprint density at radius 1 is 1.28 bits per heavy atom. The van der Waals surface area contributed by atoms with Crippen LogP contribution in [0.4, 0.5) is 4.39 Å². The highest BCUT2D eigenvalue weighted by Gasteiger charge is 2.50. The van der Waals surface area contributed by atoms with Crippen molar-refractivity contribution in [3.05, 3.63) is 0 Å². The molecule has 0 aromatic carbocycles. The molecule has 0 bridgehead atoms. The van der Waals surface area contributed by atoms with Crippen molar-refractivity contribution in [2.75, 3.05) is 34.0 Å². The van der Waals surface area contributed by atoms with Crippen molar-refractivity contribution in [2.45, 2.75) is 82.5 Å². The third-order valence-corrected chi connectivity index (χ3v) is 8.24. The maximum absolute atomic E-state index is 13.1. The molecule has 184 valence electrons. The largest absolute Gasteiger partial charge is 0.467 e. The minimum atomic E-state index is -0.598. The Bertz CT molecular complexity index is 642. The maximum Gasteiger partial charge on any atom is 0.331 e. The Balaban J connectivity index is 1.72. The number of nitrogens with zero attached hydrogens (tertiary/aromatic N) is 2. The molecule has 0 aromatic heterocycles. The first-order valence-corrected chi connectivity index (χ1v) is 12.7. The smallest absolute Gasteiger partial charge is 0.331 e. The predicted octanol–water partition coefficient (Wildman–Crippen LogP) is 4.01. The van der Waals surface area contributed by atoms with E-state index in [0.29, 0.717) is 12.3 Å². The van der Waals surface area contributed by atoms with E-state index in [9.17, 15) is 9.18 Å². The van der Waals surface area contributed by atoms with Gasteiger partial charge in [0.15, 0.2) is 6.04 Å². The molecular weight excluding hydrogens is 433 g/mol. The molecule has 2 heterocycles. The monoisotopic (exact) mass is 473 g/mol. The van der Waals surface area contributed by atoms with E-state index in [1.54, 1.807) is 0 Å². The molecule has 0 spiro atoms. The van der Waals surface area contributed by atoms with Crippen molar-refractivity contribution in [1.29, 1.82) is 0 Å². The zero-order valence-corrected chi connectivity index (χ0v) is 20.8. The number of rotatable bonds is 10. The minimum absolute atomic E-state index is 0.0777. The molecular formula is C24H41ClFN3O3. The summed E-state index contributed by atoms with van der Waals surface area (Å²) in [5.41, 5.74) is 0. The van der Waals surface area contributed by atoms with Gasteiger partial charge in [0.2, 0.25) is 0 Å². The van der Waals surface area contributed by atoms with Gasteiger partial charge in [0.1, 0.15) is 18.6 Å². The fraction of sp³-hybridized carbons (Fsp3) is 0.917. The number of aliphatic imine (C=N–C) groups is 1. The van der Waals surface area contributed by atoms with E-state index in [-0.39, 0.29) is 24.0 Å². The quantitative estimate of drug-likeness (QED) is 0.383. The number of esters is 1. The maximum atomic E-state index is 13.1. The number of alkyl halides is 2. The Morgan fingerprint density at radius 2 is 2.00 bits per heavy atom.